The fraction of sp³-hybridized carbons (Fsp3) is 0.390. The molecule has 1 unspecified atom stereocenters. The Morgan fingerprint density at radius 2 is 0.966 bits per heavy atom. The minimum atomic E-state index is -4.75. The van der Waals surface area contributed by atoms with Crippen LogP contribution < -0.4 is 35.3 Å². The van der Waals surface area contributed by atoms with E-state index in [1.54, 1.807) is 51.8 Å². The summed E-state index contributed by atoms with van der Waals surface area (Å²) in [7, 11) is 4.27. The van der Waals surface area contributed by atoms with Gasteiger partial charge in [0.05, 0.1) is 35.7 Å². The predicted octanol–water partition coefficient (Wildman–Crippen LogP) is 12.0. The molecule has 4 N–H and O–H groups in total. The average molecular weight is 1290 g/mol. The fourth-order valence-corrected chi connectivity index (χ4v) is 9.65. The number of ether oxygens (including phenoxy) is 4. The molecule has 9 aromatic rings. The van der Waals surface area contributed by atoms with Crippen LogP contribution in [-0.2, 0) is 0 Å². The monoisotopic (exact) mass is 1290 g/mol. The summed E-state index contributed by atoms with van der Waals surface area (Å²) in [4.78, 5) is 20.0. The van der Waals surface area contributed by atoms with Gasteiger partial charge in [0, 0.05) is 74.1 Å². The summed E-state index contributed by atoms with van der Waals surface area (Å²) in [6.45, 7) is 12.6. The molecule has 0 saturated carbocycles. The second-order valence-electron chi connectivity index (χ2n) is 21.0. The zero-order chi connectivity index (χ0) is 61.9. The molecule has 0 amide bonds. The first kappa shape index (κ1) is 68.6. The van der Waals surface area contributed by atoms with Gasteiger partial charge < -0.3 is 45.1 Å². The third-order valence-corrected chi connectivity index (χ3v) is 14.5. The van der Waals surface area contributed by atoms with Gasteiger partial charge in [-0.1, -0.05) is 50.2 Å². The zero-order valence-corrected chi connectivity index (χ0v) is 50.5. The molecule has 0 radical (unpaired) electrons. The number of nitrogens with zero attached hydrogens (tertiary/aromatic N) is 12. The number of rotatable bonds is 18. The molecule has 19 nitrogen and oxygen atoms in total. The molecule has 3 aromatic carbocycles. The summed E-state index contributed by atoms with van der Waals surface area (Å²) in [5, 5.41) is 20.5. The van der Waals surface area contributed by atoms with Crippen LogP contribution in [0.1, 0.15) is 39.5 Å². The van der Waals surface area contributed by atoms with Gasteiger partial charge in [-0.3, -0.25) is 4.90 Å². The first-order valence-electron chi connectivity index (χ1n) is 28.1. The highest BCUT2D eigenvalue weighted by Crippen LogP contribution is 2.32. The molecule has 6 aromatic heterocycles. The normalized spacial score (nSPS) is 15.2. The Hall–Kier alpha value is -7.89. The van der Waals surface area contributed by atoms with Crippen molar-refractivity contribution >= 4 is 53.4 Å². The summed E-state index contributed by atoms with van der Waals surface area (Å²) >= 11 is 0. The highest BCUT2D eigenvalue weighted by Gasteiger charge is 2.33. The molecule has 89 heavy (non-hydrogen) atoms. The van der Waals surface area contributed by atoms with E-state index < -0.39 is 19.1 Å². The van der Waals surface area contributed by atoms with Crippen molar-refractivity contribution in [3.63, 3.8) is 0 Å². The highest BCUT2D eigenvalue weighted by atomic mass is 35.5. The Kier molecular flexibility index (Phi) is 23.5. The molecule has 2 atom stereocenters. The van der Waals surface area contributed by atoms with Crippen LogP contribution in [0.15, 0.2) is 128 Å². The number of fused-ring (bicyclic) bond motifs is 3. The van der Waals surface area contributed by atoms with Crippen molar-refractivity contribution in [1.29, 1.82) is 0 Å². The SMILES string of the molecule is CCC(CN1CCN(C)CC1)Nc1ccc2ncc(-c3cccc(OC(F)(F)F)c3)n2n1.CC[C@@H](N)COc1ccc2ncc(-c3cccc(OC(F)(F)F)c3)n2n1.CN1CCC(CNc2ccc3ncc(-c4cccc(OC(F)(F)F)c4)n3n2)CC1.Cl.Cl. The second kappa shape index (κ2) is 30.5. The van der Waals surface area contributed by atoms with E-state index in [1.807, 2.05) is 31.2 Å². The molecular weight excluding hydrogens is 1220 g/mol. The maximum atomic E-state index is 12.6. The van der Waals surface area contributed by atoms with E-state index in [4.69, 9.17) is 10.5 Å². The first-order chi connectivity index (χ1) is 41.5. The predicted molar refractivity (Wildman–Crippen MR) is 324 cm³/mol. The number of nitrogens with two attached hydrogens (primary N) is 1. The molecule has 11 rings (SSSR count). The van der Waals surface area contributed by atoms with Crippen LogP contribution in [0.4, 0.5) is 51.1 Å². The number of alkyl halides is 9. The topological polar surface area (TPSA) is 187 Å². The minimum absolute atomic E-state index is 0. The number of hydrogen-bond acceptors (Lipinski definition) is 16. The van der Waals surface area contributed by atoms with Gasteiger partial charge in [0.1, 0.15) is 35.5 Å². The lowest BCUT2D eigenvalue weighted by molar-refractivity contribution is -0.275. The smallest absolute Gasteiger partial charge is 0.475 e. The van der Waals surface area contributed by atoms with Gasteiger partial charge in [-0.2, -0.15) is 0 Å². The lowest BCUT2D eigenvalue weighted by atomic mass is 9.97. The minimum Gasteiger partial charge on any atom is -0.475 e. The Labute approximate surface area is 519 Å². The Morgan fingerprint density at radius 1 is 0.539 bits per heavy atom. The maximum Gasteiger partial charge on any atom is 0.573 e. The van der Waals surface area contributed by atoms with E-state index in [1.165, 1.54) is 65.3 Å². The number of halogens is 11. The Morgan fingerprint density at radius 3 is 1.42 bits per heavy atom. The van der Waals surface area contributed by atoms with Gasteiger partial charge >= 0.3 is 19.1 Å². The lowest BCUT2D eigenvalue weighted by Gasteiger charge is -2.34. The molecule has 2 saturated heterocycles. The maximum absolute atomic E-state index is 12.6. The van der Waals surface area contributed by atoms with E-state index >= 15 is 0 Å². The van der Waals surface area contributed by atoms with Crippen LogP contribution in [-0.4, -0.2) is 163 Å². The summed E-state index contributed by atoms with van der Waals surface area (Å²) in [6.07, 6.45) is -5.51. The van der Waals surface area contributed by atoms with Crippen molar-refractivity contribution in [2.75, 3.05) is 83.7 Å². The highest BCUT2D eigenvalue weighted by molar-refractivity contribution is 5.85. The average Bonchev–Trinajstić information content (AvgIpc) is 1.83. The van der Waals surface area contributed by atoms with Crippen LogP contribution in [0.2, 0.25) is 0 Å². The number of benzene rings is 3. The molecular formula is C59H68Cl2F9N15O4. The van der Waals surface area contributed by atoms with Crippen LogP contribution in [0.25, 0.3) is 50.7 Å². The molecule has 2 fully saturated rings. The number of nitrogens with one attached hydrogen (secondary N) is 2. The Bertz CT molecular complexity index is 3690. The van der Waals surface area contributed by atoms with E-state index in [0.717, 1.165) is 78.0 Å². The zero-order valence-electron chi connectivity index (χ0n) is 48.8. The third kappa shape index (κ3) is 19.8. The van der Waals surface area contributed by atoms with Crippen LogP contribution in [0.5, 0.6) is 23.1 Å². The molecule has 2 aliphatic heterocycles. The number of hydrogen-bond donors (Lipinski definition) is 3. The number of likely N-dealkylation sites (tertiary alicyclic amines) is 1. The van der Waals surface area contributed by atoms with Gasteiger partial charge in [0.15, 0.2) is 16.9 Å². The summed E-state index contributed by atoms with van der Waals surface area (Å²) in [6, 6.07) is 28.2. The van der Waals surface area contributed by atoms with Gasteiger partial charge in [-0.05, 0) is 126 Å². The first-order valence-corrected chi connectivity index (χ1v) is 28.1. The number of imidazole rings is 3. The molecule has 0 bridgehead atoms. The van der Waals surface area contributed by atoms with Gasteiger partial charge in [0.2, 0.25) is 5.88 Å². The van der Waals surface area contributed by atoms with E-state index in [0.29, 0.717) is 80.8 Å². The molecule has 2 aliphatic rings. The standard InChI is InChI=1S/C22H27F3N6O.C20H22F3N5O.C17H17F3N4O2.2ClH/c1-3-17(15-30-11-9-29(2)10-12-30)27-20-7-8-21-26-14-19(31(21)28-20)16-5-4-6-18(13-16)32-22(23,24)25;1-27-9-7-14(8-10-27)12-24-18-5-6-19-25-13-17(28(19)26-18)15-3-2-4-16(11-15)29-20(21,22)23;1-2-12(21)10-25-16-7-6-15-22-9-14(24(15)23-16)11-4-3-5-13(8-11)26-17(18,19)20;;/h4-8,13-14,17H,3,9-12,15H2,1-2H3,(H,27,28);2-6,11,13-14H,7-10,12H2,1H3,(H,24,26);3-9,12H,2,10,21H2,1H3;2*1H/t;;12-;;/m..1../s1. The molecule has 30 heteroatoms. The quantitative estimate of drug-likeness (QED) is 0.0688. The van der Waals surface area contributed by atoms with E-state index in [9.17, 15) is 39.5 Å². The number of likely N-dealkylation sites (N-methyl/N-ethyl adjacent to an activating group) is 1. The van der Waals surface area contributed by atoms with Crippen molar-refractivity contribution in [3.05, 3.63) is 128 Å². The van der Waals surface area contributed by atoms with Gasteiger partial charge in [-0.15, -0.1) is 79.6 Å². The van der Waals surface area contributed by atoms with Crippen LogP contribution in [0, 0.1) is 5.92 Å². The Balaban J connectivity index is 0.000000189. The molecule has 480 valence electrons. The summed E-state index contributed by atoms with van der Waals surface area (Å²) < 4.78 is 135. The van der Waals surface area contributed by atoms with Gasteiger partial charge in [0.25, 0.3) is 0 Å². The lowest BCUT2D eigenvalue weighted by Crippen LogP contribution is -2.48. The van der Waals surface area contributed by atoms with Crippen molar-refractivity contribution in [1.82, 2.24) is 58.5 Å². The molecule has 0 spiro atoms. The largest absolute Gasteiger partial charge is 0.573 e. The number of aromatic nitrogens is 9. The second-order valence-corrected chi connectivity index (χ2v) is 21.0. The number of piperazine rings is 1. The molecule has 0 aliphatic carbocycles. The number of piperidine rings is 1. The van der Waals surface area contributed by atoms with Crippen molar-refractivity contribution in [2.24, 2.45) is 11.7 Å². The summed E-state index contributed by atoms with van der Waals surface area (Å²) in [5.41, 5.74) is 10.8. The van der Waals surface area contributed by atoms with Gasteiger partial charge in [-0.25, -0.2) is 28.5 Å². The van der Waals surface area contributed by atoms with E-state index in [-0.39, 0.29) is 54.1 Å². The molecule has 8 heterocycles. The fourth-order valence-electron chi connectivity index (χ4n) is 9.65. The van der Waals surface area contributed by atoms with Crippen molar-refractivity contribution in [3.8, 4) is 56.9 Å². The number of anilines is 2. The summed E-state index contributed by atoms with van der Waals surface area (Å²) in [5.74, 6) is 1.48. The van der Waals surface area contributed by atoms with E-state index in [2.05, 4.69) is 90.8 Å². The van der Waals surface area contributed by atoms with Crippen molar-refractivity contribution in [2.45, 2.75) is 70.7 Å². The van der Waals surface area contributed by atoms with Crippen LogP contribution >= 0.6 is 24.8 Å². The van der Waals surface area contributed by atoms with Crippen molar-refractivity contribution < 1.29 is 58.5 Å². The third-order valence-electron chi connectivity index (χ3n) is 14.5. The van der Waals surface area contributed by atoms with Crippen LogP contribution in [0.3, 0.4) is 0 Å².